The van der Waals surface area contributed by atoms with E-state index in [-0.39, 0.29) is 6.04 Å². The zero-order valence-electron chi connectivity index (χ0n) is 11.8. The molecule has 0 heterocycles. The Labute approximate surface area is 115 Å². The molecule has 0 saturated carbocycles. The molecule has 2 aromatic rings. The monoisotopic (exact) mass is 255 g/mol. The van der Waals surface area contributed by atoms with Crippen molar-refractivity contribution in [3.8, 4) is 5.75 Å². The van der Waals surface area contributed by atoms with Crippen LogP contribution in [0.2, 0.25) is 0 Å². The van der Waals surface area contributed by atoms with Crippen molar-refractivity contribution in [2.45, 2.75) is 33.4 Å². The average molecular weight is 255 g/mol. The first-order valence-electron chi connectivity index (χ1n) is 6.65. The van der Waals surface area contributed by atoms with Gasteiger partial charge in [-0.1, -0.05) is 42.0 Å². The van der Waals surface area contributed by atoms with Crippen molar-refractivity contribution >= 4 is 0 Å². The second-order valence-electron chi connectivity index (χ2n) is 5.09. The van der Waals surface area contributed by atoms with Crippen molar-refractivity contribution in [3.05, 3.63) is 64.7 Å². The predicted octanol–water partition coefficient (Wildman–Crippen LogP) is 3.86. The number of phenols is 1. The van der Waals surface area contributed by atoms with E-state index in [0.717, 1.165) is 17.7 Å². The summed E-state index contributed by atoms with van der Waals surface area (Å²) in [6, 6.07) is 14.2. The number of hydrogen-bond acceptors (Lipinski definition) is 2. The van der Waals surface area contributed by atoms with Gasteiger partial charge >= 0.3 is 0 Å². The van der Waals surface area contributed by atoms with Gasteiger partial charge in [0.1, 0.15) is 5.75 Å². The Balaban J connectivity index is 2.07. The summed E-state index contributed by atoms with van der Waals surface area (Å²) in [6.45, 7) is 7.04. The van der Waals surface area contributed by atoms with Gasteiger partial charge in [0.05, 0.1) is 0 Å². The molecule has 0 aliphatic carbocycles. The molecule has 0 bridgehead atoms. The second kappa shape index (κ2) is 5.89. The Kier molecular flexibility index (Phi) is 4.23. The van der Waals surface area contributed by atoms with E-state index in [9.17, 15) is 5.11 Å². The van der Waals surface area contributed by atoms with Gasteiger partial charge in [0.2, 0.25) is 0 Å². The summed E-state index contributed by atoms with van der Waals surface area (Å²) in [5, 5.41) is 13.4. The minimum absolute atomic E-state index is 0.125. The van der Waals surface area contributed by atoms with E-state index in [0.29, 0.717) is 5.75 Å². The van der Waals surface area contributed by atoms with E-state index in [1.54, 1.807) is 6.07 Å². The molecule has 0 amide bonds. The summed E-state index contributed by atoms with van der Waals surface area (Å²) in [6.07, 6.45) is 0. The third-order valence-corrected chi connectivity index (χ3v) is 3.51. The molecule has 2 aromatic carbocycles. The molecule has 0 radical (unpaired) electrons. The zero-order chi connectivity index (χ0) is 13.8. The highest BCUT2D eigenvalue weighted by atomic mass is 16.3. The molecule has 0 spiro atoms. The van der Waals surface area contributed by atoms with Crippen LogP contribution in [0.5, 0.6) is 5.75 Å². The van der Waals surface area contributed by atoms with Gasteiger partial charge in [-0.3, -0.25) is 0 Å². The minimum Gasteiger partial charge on any atom is -0.508 e. The van der Waals surface area contributed by atoms with Crippen molar-refractivity contribution < 1.29 is 5.11 Å². The highest BCUT2D eigenvalue weighted by Gasteiger charge is 2.10. The Hall–Kier alpha value is -1.80. The van der Waals surface area contributed by atoms with Crippen LogP contribution in [0.15, 0.2) is 42.5 Å². The molecule has 0 aliphatic rings. The maximum absolute atomic E-state index is 9.92. The fourth-order valence-electron chi connectivity index (χ4n) is 2.20. The number of aryl methyl sites for hydroxylation is 2. The maximum atomic E-state index is 9.92. The highest BCUT2D eigenvalue weighted by Crippen LogP contribution is 2.25. The fraction of sp³-hybridized carbons (Fsp3) is 0.294. The third kappa shape index (κ3) is 3.36. The fourth-order valence-corrected chi connectivity index (χ4v) is 2.20. The first-order valence-corrected chi connectivity index (χ1v) is 6.65. The normalized spacial score (nSPS) is 12.4. The number of phenolic OH excluding ortho intramolecular Hbond substituents is 1. The van der Waals surface area contributed by atoms with Gasteiger partial charge in [-0.2, -0.15) is 0 Å². The first kappa shape index (κ1) is 13.6. The lowest BCUT2D eigenvalue weighted by atomic mass is 10.0. The van der Waals surface area contributed by atoms with Crippen LogP contribution < -0.4 is 5.32 Å². The van der Waals surface area contributed by atoms with E-state index in [4.69, 9.17) is 0 Å². The smallest absolute Gasteiger partial charge is 0.120 e. The van der Waals surface area contributed by atoms with Crippen LogP contribution in [0.1, 0.15) is 35.2 Å². The molecule has 19 heavy (non-hydrogen) atoms. The molecule has 2 nitrogen and oxygen atoms in total. The average Bonchev–Trinajstić information content (AvgIpc) is 2.40. The molecular weight excluding hydrogens is 234 g/mol. The van der Waals surface area contributed by atoms with Gasteiger partial charge in [0.25, 0.3) is 0 Å². The van der Waals surface area contributed by atoms with Gasteiger partial charge in [-0.05, 0) is 38.0 Å². The predicted molar refractivity (Wildman–Crippen MR) is 79.3 cm³/mol. The van der Waals surface area contributed by atoms with Gasteiger partial charge in [-0.25, -0.2) is 0 Å². The molecule has 1 unspecified atom stereocenters. The van der Waals surface area contributed by atoms with Gasteiger partial charge in [0, 0.05) is 18.2 Å². The molecule has 2 N–H and O–H groups in total. The summed E-state index contributed by atoms with van der Waals surface area (Å²) in [5.41, 5.74) is 4.70. The van der Waals surface area contributed by atoms with Gasteiger partial charge in [-0.15, -0.1) is 0 Å². The standard InChI is InChI=1S/C17H21NO/c1-12-8-9-17(19)16(10-12)14(3)18-11-15-7-5-4-6-13(15)2/h4-10,14,18-19H,11H2,1-3H3. The molecule has 0 aromatic heterocycles. The molecule has 2 heteroatoms. The van der Waals surface area contributed by atoms with Crippen LogP contribution in [0.4, 0.5) is 0 Å². The van der Waals surface area contributed by atoms with Crippen LogP contribution in [0.3, 0.4) is 0 Å². The lowest BCUT2D eigenvalue weighted by molar-refractivity contribution is 0.452. The van der Waals surface area contributed by atoms with E-state index < -0.39 is 0 Å². The van der Waals surface area contributed by atoms with Crippen molar-refractivity contribution in [2.24, 2.45) is 0 Å². The molecule has 0 fully saturated rings. The van der Waals surface area contributed by atoms with Crippen molar-refractivity contribution in [2.75, 3.05) is 0 Å². The summed E-state index contributed by atoms with van der Waals surface area (Å²) in [7, 11) is 0. The van der Waals surface area contributed by atoms with E-state index in [1.165, 1.54) is 11.1 Å². The molecule has 1 atom stereocenters. The summed E-state index contributed by atoms with van der Waals surface area (Å²) >= 11 is 0. The largest absolute Gasteiger partial charge is 0.508 e. The van der Waals surface area contributed by atoms with Crippen molar-refractivity contribution in [1.82, 2.24) is 5.32 Å². The Morgan fingerprint density at radius 3 is 2.58 bits per heavy atom. The lowest BCUT2D eigenvalue weighted by Crippen LogP contribution is -2.18. The molecule has 100 valence electrons. The minimum atomic E-state index is 0.125. The Morgan fingerprint density at radius 2 is 1.84 bits per heavy atom. The van der Waals surface area contributed by atoms with Gasteiger partial charge in [0.15, 0.2) is 0 Å². The Bertz CT molecular complexity index is 563. The van der Waals surface area contributed by atoms with E-state index >= 15 is 0 Å². The summed E-state index contributed by atoms with van der Waals surface area (Å²) < 4.78 is 0. The molecule has 0 aliphatic heterocycles. The summed E-state index contributed by atoms with van der Waals surface area (Å²) in [4.78, 5) is 0. The quantitative estimate of drug-likeness (QED) is 0.869. The van der Waals surface area contributed by atoms with Crippen LogP contribution in [-0.2, 0) is 6.54 Å². The molecule has 0 saturated heterocycles. The van der Waals surface area contributed by atoms with Crippen LogP contribution >= 0.6 is 0 Å². The third-order valence-electron chi connectivity index (χ3n) is 3.51. The molecular formula is C17H21NO. The van der Waals surface area contributed by atoms with Crippen molar-refractivity contribution in [1.29, 1.82) is 0 Å². The number of nitrogens with one attached hydrogen (secondary N) is 1. The number of aromatic hydroxyl groups is 1. The van der Waals surface area contributed by atoms with E-state index in [2.05, 4.69) is 43.4 Å². The SMILES string of the molecule is Cc1ccc(O)c(C(C)NCc2ccccc2C)c1. The van der Waals surface area contributed by atoms with Crippen LogP contribution in [-0.4, -0.2) is 5.11 Å². The second-order valence-corrected chi connectivity index (χ2v) is 5.09. The summed E-state index contributed by atoms with van der Waals surface area (Å²) in [5.74, 6) is 0.357. The maximum Gasteiger partial charge on any atom is 0.120 e. The van der Waals surface area contributed by atoms with Crippen LogP contribution in [0.25, 0.3) is 0 Å². The van der Waals surface area contributed by atoms with Crippen molar-refractivity contribution in [3.63, 3.8) is 0 Å². The number of rotatable bonds is 4. The van der Waals surface area contributed by atoms with E-state index in [1.807, 2.05) is 19.1 Å². The zero-order valence-corrected chi connectivity index (χ0v) is 11.8. The van der Waals surface area contributed by atoms with Gasteiger partial charge < -0.3 is 10.4 Å². The molecule has 2 rings (SSSR count). The topological polar surface area (TPSA) is 32.3 Å². The number of benzene rings is 2. The lowest BCUT2D eigenvalue weighted by Gasteiger charge is -2.17. The number of hydrogen-bond donors (Lipinski definition) is 2. The van der Waals surface area contributed by atoms with Crippen LogP contribution in [0, 0.1) is 13.8 Å². The highest BCUT2D eigenvalue weighted by molar-refractivity contribution is 5.37. The first-order chi connectivity index (χ1) is 9.08. The Morgan fingerprint density at radius 1 is 1.11 bits per heavy atom.